The summed E-state index contributed by atoms with van der Waals surface area (Å²) in [5.41, 5.74) is 0.104. The van der Waals surface area contributed by atoms with Gasteiger partial charge in [-0.1, -0.05) is 48.5 Å². The average Bonchev–Trinajstić information content (AvgIpc) is 2.60. The molecule has 3 aromatic rings. The van der Waals surface area contributed by atoms with Crippen LogP contribution in [0.25, 0.3) is 10.8 Å². The van der Waals surface area contributed by atoms with Gasteiger partial charge >= 0.3 is 0 Å². The fourth-order valence-corrected chi connectivity index (χ4v) is 3.26. The van der Waals surface area contributed by atoms with Crippen LogP contribution in [0, 0.1) is 10.1 Å². The highest BCUT2D eigenvalue weighted by atomic mass is 32.2. The number of fused-ring (bicyclic) bond motifs is 1. The fraction of sp³-hybridized carbons (Fsp3) is 0.0556. The summed E-state index contributed by atoms with van der Waals surface area (Å²) in [5.74, 6) is -0.0951. The molecule has 0 spiro atoms. The van der Waals surface area contributed by atoms with Gasteiger partial charge in [0.2, 0.25) is 5.91 Å². The Bertz CT molecular complexity index is 906. The minimum absolute atomic E-state index is 0.110. The van der Waals surface area contributed by atoms with Gasteiger partial charge in [-0.25, -0.2) is 0 Å². The Balaban J connectivity index is 1.71. The number of rotatable bonds is 5. The summed E-state index contributed by atoms with van der Waals surface area (Å²) in [7, 11) is 0. The number of nitrogens with zero attached hydrogens (tertiary/aromatic N) is 1. The maximum absolute atomic E-state index is 12.1. The van der Waals surface area contributed by atoms with Gasteiger partial charge in [0.15, 0.2) is 0 Å². The van der Waals surface area contributed by atoms with Crippen molar-refractivity contribution >= 4 is 39.8 Å². The number of nitro groups is 1. The van der Waals surface area contributed by atoms with Crippen molar-refractivity contribution in [1.82, 2.24) is 0 Å². The van der Waals surface area contributed by atoms with E-state index in [9.17, 15) is 14.9 Å². The van der Waals surface area contributed by atoms with Gasteiger partial charge in [0.1, 0.15) is 5.69 Å². The molecule has 0 saturated heterocycles. The molecular formula is C18H14N2O3S. The maximum Gasteiger partial charge on any atom is 0.292 e. The molecule has 0 aliphatic rings. The van der Waals surface area contributed by atoms with Crippen LogP contribution in [-0.4, -0.2) is 16.6 Å². The van der Waals surface area contributed by atoms with Crippen molar-refractivity contribution in [3.63, 3.8) is 0 Å². The first-order chi connectivity index (χ1) is 11.6. The second-order valence-electron chi connectivity index (χ2n) is 5.09. The number of benzene rings is 3. The summed E-state index contributed by atoms with van der Waals surface area (Å²) in [6.07, 6.45) is 0. The molecule has 0 bridgehead atoms. The number of hydrogen-bond donors (Lipinski definition) is 1. The quantitative estimate of drug-likeness (QED) is 0.423. The first kappa shape index (κ1) is 16.0. The highest BCUT2D eigenvalue weighted by molar-refractivity contribution is 8.00. The van der Waals surface area contributed by atoms with Crippen LogP contribution in [0.1, 0.15) is 0 Å². The van der Waals surface area contributed by atoms with Gasteiger partial charge < -0.3 is 5.32 Å². The van der Waals surface area contributed by atoms with Crippen molar-refractivity contribution in [1.29, 1.82) is 0 Å². The lowest BCUT2D eigenvalue weighted by Gasteiger charge is -2.07. The van der Waals surface area contributed by atoms with Crippen LogP contribution in [0.2, 0.25) is 0 Å². The highest BCUT2D eigenvalue weighted by Crippen LogP contribution is 2.28. The Morgan fingerprint density at radius 2 is 1.71 bits per heavy atom. The number of thioether (sulfide) groups is 1. The molecule has 0 aliphatic carbocycles. The van der Waals surface area contributed by atoms with E-state index in [0.717, 1.165) is 15.7 Å². The number of carbonyl (C=O) groups excluding carboxylic acids is 1. The first-order valence-electron chi connectivity index (χ1n) is 7.29. The second-order valence-corrected chi connectivity index (χ2v) is 6.11. The molecule has 1 N–H and O–H groups in total. The molecule has 24 heavy (non-hydrogen) atoms. The number of nitro benzene ring substituents is 1. The molecule has 120 valence electrons. The third kappa shape index (κ3) is 3.55. The molecule has 3 aromatic carbocycles. The molecule has 0 fully saturated rings. The Morgan fingerprint density at radius 3 is 2.54 bits per heavy atom. The predicted molar refractivity (Wildman–Crippen MR) is 96.4 cm³/mol. The van der Waals surface area contributed by atoms with Crippen molar-refractivity contribution in [3.05, 3.63) is 76.8 Å². The van der Waals surface area contributed by atoms with Gasteiger partial charge in [-0.3, -0.25) is 14.9 Å². The minimum Gasteiger partial charge on any atom is -0.320 e. The molecule has 0 unspecified atom stereocenters. The molecule has 1 amide bonds. The van der Waals surface area contributed by atoms with E-state index in [-0.39, 0.29) is 23.0 Å². The largest absolute Gasteiger partial charge is 0.320 e. The summed E-state index contributed by atoms with van der Waals surface area (Å²) in [4.78, 5) is 23.6. The summed E-state index contributed by atoms with van der Waals surface area (Å²) in [5, 5.41) is 15.8. The van der Waals surface area contributed by atoms with Crippen LogP contribution in [-0.2, 0) is 4.79 Å². The fourth-order valence-electron chi connectivity index (χ4n) is 2.39. The Hall–Kier alpha value is -2.86. The molecule has 0 radical (unpaired) electrons. The minimum atomic E-state index is -0.506. The third-order valence-electron chi connectivity index (χ3n) is 3.48. The molecule has 5 nitrogen and oxygen atoms in total. The molecule has 6 heteroatoms. The number of amides is 1. The van der Waals surface area contributed by atoms with E-state index in [2.05, 4.69) is 5.32 Å². The van der Waals surface area contributed by atoms with Gasteiger partial charge in [-0.05, 0) is 22.9 Å². The lowest BCUT2D eigenvalue weighted by molar-refractivity contribution is -0.383. The SMILES string of the molecule is O=C(CSc1cccc2ccccc12)Nc1ccccc1[N+](=O)[O-]. The first-order valence-corrected chi connectivity index (χ1v) is 8.27. The van der Waals surface area contributed by atoms with E-state index in [1.807, 2.05) is 42.5 Å². The van der Waals surface area contributed by atoms with E-state index < -0.39 is 4.92 Å². The van der Waals surface area contributed by atoms with Gasteiger partial charge in [0.25, 0.3) is 5.69 Å². The Kier molecular flexibility index (Phi) is 4.77. The lowest BCUT2D eigenvalue weighted by Crippen LogP contribution is -2.15. The summed E-state index contributed by atoms with van der Waals surface area (Å²) < 4.78 is 0. The molecule has 0 atom stereocenters. The number of carbonyl (C=O) groups is 1. The number of nitrogens with one attached hydrogen (secondary N) is 1. The molecule has 3 rings (SSSR count). The summed E-state index contributed by atoms with van der Waals surface area (Å²) in [6, 6.07) is 20.0. The van der Waals surface area contributed by atoms with Crippen LogP contribution < -0.4 is 5.32 Å². The van der Waals surface area contributed by atoms with Crippen molar-refractivity contribution < 1.29 is 9.72 Å². The van der Waals surface area contributed by atoms with E-state index >= 15 is 0 Å². The van der Waals surface area contributed by atoms with Gasteiger partial charge in [-0.2, -0.15) is 0 Å². The van der Waals surface area contributed by atoms with Crippen molar-refractivity contribution in [2.75, 3.05) is 11.1 Å². The second kappa shape index (κ2) is 7.14. The topological polar surface area (TPSA) is 72.2 Å². The van der Waals surface area contributed by atoms with Crippen molar-refractivity contribution in [3.8, 4) is 0 Å². The third-order valence-corrected chi connectivity index (χ3v) is 4.56. The molecule has 0 heterocycles. The summed E-state index contributed by atoms with van der Waals surface area (Å²) >= 11 is 1.41. The Morgan fingerprint density at radius 1 is 1.00 bits per heavy atom. The van der Waals surface area contributed by atoms with E-state index in [1.165, 1.54) is 23.9 Å². The van der Waals surface area contributed by atoms with E-state index in [1.54, 1.807) is 12.1 Å². The van der Waals surface area contributed by atoms with Gasteiger partial charge in [-0.15, -0.1) is 11.8 Å². The number of anilines is 1. The van der Waals surface area contributed by atoms with Gasteiger partial charge in [0.05, 0.1) is 10.7 Å². The van der Waals surface area contributed by atoms with Crippen LogP contribution in [0.3, 0.4) is 0 Å². The van der Waals surface area contributed by atoms with Crippen LogP contribution in [0.5, 0.6) is 0 Å². The predicted octanol–water partition coefficient (Wildman–Crippen LogP) is 4.48. The van der Waals surface area contributed by atoms with Crippen molar-refractivity contribution in [2.45, 2.75) is 4.90 Å². The Labute approximate surface area is 142 Å². The molecular weight excluding hydrogens is 324 g/mol. The standard InChI is InChI=1S/C18H14N2O3S/c21-18(19-15-9-3-4-10-16(15)20(22)23)12-24-17-11-5-7-13-6-1-2-8-14(13)17/h1-11H,12H2,(H,19,21). The normalized spacial score (nSPS) is 10.5. The monoisotopic (exact) mass is 338 g/mol. The number of hydrogen-bond acceptors (Lipinski definition) is 4. The van der Waals surface area contributed by atoms with E-state index in [0.29, 0.717) is 0 Å². The van der Waals surface area contributed by atoms with Crippen LogP contribution >= 0.6 is 11.8 Å². The average molecular weight is 338 g/mol. The molecule has 0 aromatic heterocycles. The smallest absolute Gasteiger partial charge is 0.292 e. The lowest BCUT2D eigenvalue weighted by atomic mass is 10.1. The van der Waals surface area contributed by atoms with Crippen molar-refractivity contribution in [2.24, 2.45) is 0 Å². The molecule has 0 saturated carbocycles. The van der Waals surface area contributed by atoms with Crippen LogP contribution in [0.4, 0.5) is 11.4 Å². The van der Waals surface area contributed by atoms with Gasteiger partial charge in [0, 0.05) is 11.0 Å². The summed E-state index contributed by atoms with van der Waals surface area (Å²) in [6.45, 7) is 0. The maximum atomic E-state index is 12.1. The zero-order valence-corrected chi connectivity index (χ0v) is 13.5. The van der Waals surface area contributed by atoms with E-state index in [4.69, 9.17) is 0 Å². The zero-order valence-electron chi connectivity index (χ0n) is 12.6. The zero-order chi connectivity index (χ0) is 16.9. The highest BCUT2D eigenvalue weighted by Gasteiger charge is 2.15. The van der Waals surface area contributed by atoms with Crippen LogP contribution in [0.15, 0.2) is 71.6 Å². The number of para-hydroxylation sites is 2. The molecule has 0 aliphatic heterocycles.